The highest BCUT2D eigenvalue weighted by Crippen LogP contribution is 2.27. The first-order chi connectivity index (χ1) is 9.61. The summed E-state index contributed by atoms with van der Waals surface area (Å²) in [5.74, 6) is 0.339. The van der Waals surface area contributed by atoms with Gasteiger partial charge in [0.05, 0.1) is 12.2 Å². The van der Waals surface area contributed by atoms with E-state index in [1.54, 1.807) is 0 Å². The second kappa shape index (κ2) is 7.04. The van der Waals surface area contributed by atoms with Crippen molar-refractivity contribution in [2.45, 2.75) is 51.0 Å². The minimum atomic E-state index is -0.693. The quantitative estimate of drug-likeness (QED) is 0.813. The molecule has 112 valence electrons. The van der Waals surface area contributed by atoms with E-state index in [1.165, 1.54) is 12.8 Å². The Kier molecular flexibility index (Phi) is 5.37. The Morgan fingerprint density at radius 1 is 1.20 bits per heavy atom. The fourth-order valence-electron chi connectivity index (χ4n) is 2.41. The summed E-state index contributed by atoms with van der Waals surface area (Å²) in [5.41, 5.74) is -0.693. The summed E-state index contributed by atoms with van der Waals surface area (Å²) in [6.07, 6.45) is 6.09. The summed E-state index contributed by atoms with van der Waals surface area (Å²) < 4.78 is 5.22. The van der Waals surface area contributed by atoms with Crippen LogP contribution in [0.4, 0.5) is 5.95 Å². The normalized spacial score (nSPS) is 18.4. The lowest BCUT2D eigenvalue weighted by Gasteiger charge is -2.26. The number of anilines is 1. The van der Waals surface area contributed by atoms with Gasteiger partial charge in [0.1, 0.15) is 0 Å². The molecule has 1 aromatic rings. The van der Waals surface area contributed by atoms with E-state index in [9.17, 15) is 5.11 Å². The molecule has 0 radical (unpaired) electrons. The summed E-state index contributed by atoms with van der Waals surface area (Å²) in [5, 5.41) is 13.7. The zero-order chi connectivity index (χ0) is 14.4. The van der Waals surface area contributed by atoms with Crippen molar-refractivity contribution in [3.05, 3.63) is 5.28 Å². The van der Waals surface area contributed by atoms with Crippen molar-refractivity contribution >= 4 is 17.5 Å². The average molecular weight is 301 g/mol. The number of ether oxygens (including phenoxy) is 1. The van der Waals surface area contributed by atoms with Crippen molar-refractivity contribution in [2.24, 2.45) is 0 Å². The maximum absolute atomic E-state index is 10.6. The van der Waals surface area contributed by atoms with E-state index in [2.05, 4.69) is 20.3 Å². The Morgan fingerprint density at radius 3 is 2.55 bits per heavy atom. The van der Waals surface area contributed by atoms with Crippen LogP contribution in [0.15, 0.2) is 0 Å². The van der Waals surface area contributed by atoms with E-state index in [0.29, 0.717) is 19.1 Å². The highest BCUT2D eigenvalue weighted by atomic mass is 35.5. The standard InChI is InChI=1S/C13H21ClN4O2/c1-2-20-12-17-10(14)16-11(18-12)15-9-13(19)7-5-3-4-6-8-13/h19H,2-9H2,1H3,(H,15,16,17,18). The van der Waals surface area contributed by atoms with Gasteiger partial charge in [0.2, 0.25) is 11.2 Å². The van der Waals surface area contributed by atoms with Gasteiger partial charge in [0.25, 0.3) is 0 Å². The van der Waals surface area contributed by atoms with Gasteiger partial charge < -0.3 is 15.2 Å². The molecule has 0 amide bonds. The van der Waals surface area contributed by atoms with Crippen LogP contribution in [-0.2, 0) is 0 Å². The Hall–Kier alpha value is -1.14. The first-order valence-electron chi connectivity index (χ1n) is 7.12. The van der Waals surface area contributed by atoms with Crippen LogP contribution in [0.3, 0.4) is 0 Å². The molecule has 2 rings (SSSR count). The Morgan fingerprint density at radius 2 is 1.90 bits per heavy atom. The number of rotatable bonds is 5. The van der Waals surface area contributed by atoms with Crippen LogP contribution in [0, 0.1) is 0 Å². The van der Waals surface area contributed by atoms with Gasteiger partial charge >= 0.3 is 6.01 Å². The fraction of sp³-hybridized carbons (Fsp3) is 0.769. The van der Waals surface area contributed by atoms with Crippen molar-refractivity contribution < 1.29 is 9.84 Å². The van der Waals surface area contributed by atoms with Crippen molar-refractivity contribution in [1.29, 1.82) is 0 Å². The zero-order valence-corrected chi connectivity index (χ0v) is 12.5. The van der Waals surface area contributed by atoms with E-state index in [0.717, 1.165) is 25.7 Å². The second-order valence-electron chi connectivity index (χ2n) is 5.14. The molecule has 0 saturated heterocycles. The van der Waals surface area contributed by atoms with Crippen LogP contribution in [-0.4, -0.2) is 38.8 Å². The topological polar surface area (TPSA) is 80.2 Å². The van der Waals surface area contributed by atoms with Gasteiger partial charge in [-0.1, -0.05) is 25.7 Å². The first kappa shape index (κ1) is 15.3. The number of aromatic nitrogens is 3. The van der Waals surface area contributed by atoms with Crippen LogP contribution in [0.1, 0.15) is 45.4 Å². The Balaban J connectivity index is 1.98. The lowest BCUT2D eigenvalue weighted by Crippen LogP contribution is -2.36. The summed E-state index contributed by atoms with van der Waals surface area (Å²) >= 11 is 5.82. The number of halogens is 1. The second-order valence-corrected chi connectivity index (χ2v) is 5.47. The number of nitrogens with one attached hydrogen (secondary N) is 1. The maximum Gasteiger partial charge on any atom is 0.322 e. The lowest BCUT2D eigenvalue weighted by atomic mass is 9.95. The van der Waals surface area contributed by atoms with Crippen molar-refractivity contribution in [2.75, 3.05) is 18.5 Å². The minimum absolute atomic E-state index is 0.0822. The third-order valence-corrected chi connectivity index (χ3v) is 3.64. The van der Waals surface area contributed by atoms with E-state index in [-0.39, 0.29) is 11.3 Å². The van der Waals surface area contributed by atoms with Gasteiger partial charge in [-0.25, -0.2) is 0 Å². The maximum atomic E-state index is 10.6. The zero-order valence-electron chi connectivity index (χ0n) is 11.7. The van der Waals surface area contributed by atoms with E-state index >= 15 is 0 Å². The van der Waals surface area contributed by atoms with Crippen LogP contribution < -0.4 is 10.1 Å². The van der Waals surface area contributed by atoms with Crippen molar-refractivity contribution in [1.82, 2.24) is 15.0 Å². The molecule has 6 nitrogen and oxygen atoms in total. The smallest absolute Gasteiger partial charge is 0.322 e. The molecule has 0 atom stereocenters. The summed E-state index contributed by atoms with van der Waals surface area (Å²) in [4.78, 5) is 12.0. The molecule has 1 aromatic heterocycles. The molecule has 0 unspecified atom stereocenters. The molecule has 20 heavy (non-hydrogen) atoms. The molecule has 0 spiro atoms. The highest BCUT2D eigenvalue weighted by Gasteiger charge is 2.28. The molecule has 2 N–H and O–H groups in total. The number of nitrogens with zero attached hydrogens (tertiary/aromatic N) is 3. The molecule has 7 heteroatoms. The monoisotopic (exact) mass is 300 g/mol. The Bertz CT molecular complexity index is 436. The van der Waals surface area contributed by atoms with Crippen molar-refractivity contribution in [3.63, 3.8) is 0 Å². The number of hydrogen-bond acceptors (Lipinski definition) is 6. The third-order valence-electron chi connectivity index (χ3n) is 3.47. The molecule has 0 aromatic carbocycles. The minimum Gasteiger partial charge on any atom is -0.464 e. The third kappa shape index (κ3) is 4.45. The van der Waals surface area contributed by atoms with E-state index in [1.807, 2.05) is 6.92 Å². The van der Waals surface area contributed by atoms with Crippen LogP contribution in [0.5, 0.6) is 6.01 Å². The van der Waals surface area contributed by atoms with E-state index < -0.39 is 5.60 Å². The van der Waals surface area contributed by atoms with Crippen LogP contribution in [0.25, 0.3) is 0 Å². The Labute approximate surface area is 123 Å². The largest absolute Gasteiger partial charge is 0.464 e. The van der Waals surface area contributed by atoms with Crippen LogP contribution >= 0.6 is 11.6 Å². The van der Waals surface area contributed by atoms with Gasteiger partial charge in [-0.05, 0) is 31.4 Å². The van der Waals surface area contributed by atoms with Gasteiger partial charge in [-0.15, -0.1) is 0 Å². The first-order valence-corrected chi connectivity index (χ1v) is 7.50. The molecule has 1 heterocycles. The van der Waals surface area contributed by atoms with Gasteiger partial charge in [0.15, 0.2) is 0 Å². The lowest BCUT2D eigenvalue weighted by molar-refractivity contribution is 0.0379. The van der Waals surface area contributed by atoms with Crippen LogP contribution in [0.2, 0.25) is 5.28 Å². The molecule has 1 fully saturated rings. The predicted molar refractivity (Wildman–Crippen MR) is 77.1 cm³/mol. The molecule has 0 bridgehead atoms. The molecule has 1 aliphatic carbocycles. The fourth-order valence-corrected chi connectivity index (χ4v) is 2.56. The van der Waals surface area contributed by atoms with E-state index in [4.69, 9.17) is 16.3 Å². The summed E-state index contributed by atoms with van der Waals surface area (Å²) in [7, 11) is 0. The molecule has 0 aliphatic heterocycles. The summed E-state index contributed by atoms with van der Waals surface area (Å²) in [6.45, 7) is 2.72. The summed E-state index contributed by atoms with van der Waals surface area (Å²) in [6, 6.07) is 0.197. The number of hydrogen-bond donors (Lipinski definition) is 2. The van der Waals surface area contributed by atoms with Gasteiger partial charge in [-0.3, -0.25) is 0 Å². The van der Waals surface area contributed by atoms with Gasteiger partial charge in [0, 0.05) is 6.54 Å². The van der Waals surface area contributed by atoms with Crippen molar-refractivity contribution in [3.8, 4) is 6.01 Å². The highest BCUT2D eigenvalue weighted by molar-refractivity contribution is 6.28. The molecular weight excluding hydrogens is 280 g/mol. The predicted octanol–water partition coefficient (Wildman–Crippen LogP) is 2.42. The number of aliphatic hydroxyl groups is 1. The molecule has 1 aliphatic rings. The van der Waals surface area contributed by atoms with Gasteiger partial charge in [-0.2, -0.15) is 15.0 Å². The molecule has 1 saturated carbocycles. The molecular formula is C13H21ClN4O2. The average Bonchev–Trinajstić information content (AvgIpc) is 2.62. The SMILES string of the molecule is CCOc1nc(Cl)nc(NCC2(O)CCCCCC2)n1.